The second-order valence-electron chi connectivity index (χ2n) is 6.37. The van der Waals surface area contributed by atoms with Gasteiger partial charge in [0.05, 0.1) is 11.9 Å². The van der Waals surface area contributed by atoms with Gasteiger partial charge in [-0.15, -0.1) is 0 Å². The quantitative estimate of drug-likeness (QED) is 0.840. The molecule has 3 rings (SSSR count). The van der Waals surface area contributed by atoms with Gasteiger partial charge in [-0.1, -0.05) is 0 Å². The van der Waals surface area contributed by atoms with Crippen LogP contribution in [0.25, 0.3) is 0 Å². The van der Waals surface area contributed by atoms with Crippen LogP contribution >= 0.6 is 0 Å². The molecule has 2 heterocycles. The highest BCUT2D eigenvalue weighted by Gasteiger charge is 2.21. The number of halogens is 1. The van der Waals surface area contributed by atoms with Crippen molar-refractivity contribution < 1.29 is 13.9 Å². The summed E-state index contributed by atoms with van der Waals surface area (Å²) in [5.74, 6) is -0.393. The van der Waals surface area contributed by atoms with E-state index < -0.39 is 5.91 Å². The van der Waals surface area contributed by atoms with E-state index >= 15 is 0 Å². The molecule has 1 N–H and O–H groups in total. The van der Waals surface area contributed by atoms with E-state index in [-0.39, 0.29) is 18.0 Å². The fraction of sp³-hybridized carbons (Fsp3) is 0.421. The number of aromatic nitrogens is 2. The van der Waals surface area contributed by atoms with Gasteiger partial charge in [-0.3, -0.25) is 9.59 Å². The first-order valence-electron chi connectivity index (χ1n) is 9.11. The maximum atomic E-state index is 12.9. The highest BCUT2D eigenvalue weighted by Crippen LogP contribution is 2.24. The zero-order valence-corrected chi connectivity index (χ0v) is 15.3. The fourth-order valence-corrected chi connectivity index (χ4v) is 3.08. The predicted octanol–water partition coefficient (Wildman–Crippen LogP) is 2.41. The van der Waals surface area contributed by atoms with Crippen LogP contribution in [0.2, 0.25) is 0 Å². The molecule has 1 amide bonds. The third-order valence-corrected chi connectivity index (χ3v) is 4.45. The molecular weight excluding hydrogens is 351 g/mol. The van der Waals surface area contributed by atoms with Gasteiger partial charge < -0.3 is 15.0 Å². The smallest absolute Gasteiger partial charge is 0.292 e. The van der Waals surface area contributed by atoms with Gasteiger partial charge >= 0.3 is 0 Å². The van der Waals surface area contributed by atoms with Crippen molar-refractivity contribution in [3.05, 3.63) is 46.6 Å². The maximum absolute atomic E-state index is 12.9. The minimum atomic E-state index is -0.409. The number of hydrogen-bond donors (Lipinski definition) is 1. The van der Waals surface area contributed by atoms with E-state index in [0.717, 1.165) is 32.4 Å². The van der Waals surface area contributed by atoms with Crippen LogP contribution in [0.15, 0.2) is 35.3 Å². The summed E-state index contributed by atoms with van der Waals surface area (Å²) in [6.07, 6.45) is 4.66. The number of carbonyl (C=O) groups is 1. The van der Waals surface area contributed by atoms with Gasteiger partial charge in [-0.2, -0.15) is 5.10 Å². The summed E-state index contributed by atoms with van der Waals surface area (Å²) in [5.41, 5.74) is 0.651. The Hall–Kier alpha value is -2.90. The summed E-state index contributed by atoms with van der Waals surface area (Å²) in [5, 5.41) is 6.84. The number of nitrogens with zero attached hydrogens (tertiary/aromatic N) is 3. The van der Waals surface area contributed by atoms with Crippen molar-refractivity contribution in [1.29, 1.82) is 0 Å². The molecule has 0 unspecified atom stereocenters. The predicted molar refractivity (Wildman–Crippen MR) is 101 cm³/mol. The average Bonchev–Trinajstić information content (AvgIpc) is 2.68. The van der Waals surface area contributed by atoms with Crippen LogP contribution in [0.5, 0.6) is 5.75 Å². The van der Waals surface area contributed by atoms with Crippen LogP contribution in [0.4, 0.5) is 15.8 Å². The molecular formula is C19H23FN4O3. The Kier molecular flexibility index (Phi) is 6.05. The van der Waals surface area contributed by atoms with Gasteiger partial charge in [-0.25, -0.2) is 9.07 Å². The van der Waals surface area contributed by atoms with E-state index in [4.69, 9.17) is 4.74 Å². The van der Waals surface area contributed by atoms with Gasteiger partial charge in [0.25, 0.3) is 11.5 Å². The summed E-state index contributed by atoms with van der Waals surface area (Å²) in [7, 11) is 0. The summed E-state index contributed by atoms with van der Waals surface area (Å²) in [6.45, 7) is 3.61. The molecule has 1 fully saturated rings. The minimum absolute atomic E-state index is 0.211. The standard InChI is InChI=1S/C19H23FN4O3/c1-2-24-19(26)18(23-10-4-3-5-11-23)16(12-21-24)22-17(25)13-27-15-8-6-14(20)7-9-15/h6-9,12H,2-5,10-11,13H2,1H3,(H,22,25). The number of hydrogen-bond acceptors (Lipinski definition) is 5. The molecule has 0 aliphatic carbocycles. The van der Waals surface area contributed by atoms with E-state index in [1.165, 1.54) is 35.1 Å². The third-order valence-electron chi connectivity index (χ3n) is 4.45. The summed E-state index contributed by atoms with van der Waals surface area (Å²) in [6, 6.07) is 5.42. The van der Waals surface area contributed by atoms with E-state index in [1.54, 1.807) is 0 Å². The van der Waals surface area contributed by atoms with Crippen molar-refractivity contribution in [3.63, 3.8) is 0 Å². The summed E-state index contributed by atoms with van der Waals surface area (Å²) >= 11 is 0. The average molecular weight is 374 g/mol. The van der Waals surface area contributed by atoms with Crippen LogP contribution in [0.3, 0.4) is 0 Å². The van der Waals surface area contributed by atoms with Crippen molar-refractivity contribution >= 4 is 17.3 Å². The SMILES string of the molecule is CCn1ncc(NC(=O)COc2ccc(F)cc2)c(N2CCCCC2)c1=O. The van der Waals surface area contributed by atoms with Crippen LogP contribution in [0, 0.1) is 5.82 Å². The number of benzene rings is 1. The first-order chi connectivity index (χ1) is 13.1. The van der Waals surface area contributed by atoms with Crippen molar-refractivity contribution in [2.75, 3.05) is 29.9 Å². The Balaban J connectivity index is 1.74. The normalized spacial score (nSPS) is 14.1. The fourth-order valence-electron chi connectivity index (χ4n) is 3.08. The first-order valence-corrected chi connectivity index (χ1v) is 9.11. The lowest BCUT2D eigenvalue weighted by Gasteiger charge is -2.29. The van der Waals surface area contributed by atoms with E-state index in [2.05, 4.69) is 10.4 Å². The molecule has 1 aliphatic heterocycles. The van der Waals surface area contributed by atoms with Crippen LogP contribution in [0.1, 0.15) is 26.2 Å². The monoisotopic (exact) mass is 374 g/mol. The topological polar surface area (TPSA) is 76.5 Å². The molecule has 2 aromatic rings. The molecule has 8 heteroatoms. The molecule has 0 radical (unpaired) electrons. The van der Waals surface area contributed by atoms with Crippen LogP contribution < -0.4 is 20.5 Å². The lowest BCUT2D eigenvalue weighted by Crippen LogP contribution is -2.38. The molecule has 27 heavy (non-hydrogen) atoms. The minimum Gasteiger partial charge on any atom is -0.484 e. The Labute approximate surface area is 156 Å². The Morgan fingerprint density at radius 1 is 1.22 bits per heavy atom. The largest absolute Gasteiger partial charge is 0.484 e. The molecule has 1 aliphatic rings. The zero-order valence-electron chi connectivity index (χ0n) is 15.3. The Morgan fingerprint density at radius 3 is 2.59 bits per heavy atom. The molecule has 144 valence electrons. The second-order valence-corrected chi connectivity index (χ2v) is 6.37. The van der Waals surface area contributed by atoms with Crippen LogP contribution in [-0.2, 0) is 11.3 Å². The lowest BCUT2D eigenvalue weighted by atomic mass is 10.1. The zero-order chi connectivity index (χ0) is 19.2. The highest BCUT2D eigenvalue weighted by atomic mass is 19.1. The van der Waals surface area contributed by atoms with Crippen molar-refractivity contribution in [1.82, 2.24) is 9.78 Å². The van der Waals surface area contributed by atoms with E-state index in [9.17, 15) is 14.0 Å². The maximum Gasteiger partial charge on any atom is 0.292 e. The number of aryl methyl sites for hydroxylation is 1. The molecule has 1 saturated heterocycles. The number of ether oxygens (including phenoxy) is 1. The molecule has 1 aromatic heterocycles. The number of nitrogens with one attached hydrogen (secondary N) is 1. The lowest BCUT2D eigenvalue weighted by molar-refractivity contribution is -0.118. The molecule has 0 bridgehead atoms. The number of amides is 1. The van der Waals surface area contributed by atoms with Gasteiger partial charge in [0.2, 0.25) is 0 Å². The highest BCUT2D eigenvalue weighted by molar-refractivity contribution is 5.94. The number of piperidine rings is 1. The van der Waals surface area contributed by atoms with E-state index in [0.29, 0.717) is 23.7 Å². The van der Waals surface area contributed by atoms with E-state index in [1.807, 2.05) is 11.8 Å². The van der Waals surface area contributed by atoms with Crippen molar-refractivity contribution in [3.8, 4) is 5.75 Å². The molecule has 0 saturated carbocycles. The molecule has 1 aromatic carbocycles. The Bertz CT molecular complexity index is 845. The molecule has 0 atom stereocenters. The summed E-state index contributed by atoms with van der Waals surface area (Å²) in [4.78, 5) is 27.1. The van der Waals surface area contributed by atoms with Crippen LogP contribution in [-0.4, -0.2) is 35.4 Å². The van der Waals surface area contributed by atoms with Gasteiger partial charge in [-0.05, 0) is 50.5 Å². The van der Waals surface area contributed by atoms with Gasteiger partial charge in [0.1, 0.15) is 17.3 Å². The summed E-state index contributed by atoms with van der Waals surface area (Å²) < 4.78 is 19.7. The second kappa shape index (κ2) is 8.66. The third kappa shape index (κ3) is 4.64. The first kappa shape index (κ1) is 18.9. The van der Waals surface area contributed by atoms with Gasteiger partial charge in [0.15, 0.2) is 6.61 Å². The number of rotatable bonds is 6. The molecule has 0 spiro atoms. The number of carbonyl (C=O) groups excluding carboxylic acids is 1. The van der Waals surface area contributed by atoms with Crippen molar-refractivity contribution in [2.24, 2.45) is 0 Å². The Morgan fingerprint density at radius 2 is 1.93 bits per heavy atom. The van der Waals surface area contributed by atoms with Gasteiger partial charge in [0, 0.05) is 19.6 Å². The van der Waals surface area contributed by atoms with Crippen molar-refractivity contribution in [2.45, 2.75) is 32.7 Å². The molecule has 7 nitrogen and oxygen atoms in total. The number of anilines is 2.